The third-order valence-electron chi connectivity index (χ3n) is 6.75. The van der Waals surface area contributed by atoms with Crippen LogP contribution in [-0.2, 0) is 23.9 Å². The highest BCUT2D eigenvalue weighted by atomic mass is 16.6. The highest BCUT2D eigenvalue weighted by Gasteiger charge is 2.67. The second-order valence-electron chi connectivity index (χ2n) is 11.4. The molecule has 4 rings (SSSR count). The number of hydrogen-bond acceptors (Lipinski definition) is 5. The van der Waals surface area contributed by atoms with E-state index in [0.717, 1.165) is 16.8 Å². The molecule has 0 radical (unpaired) electrons. The Bertz CT molecular complexity index is 1040. The fourth-order valence-corrected chi connectivity index (χ4v) is 5.39. The van der Waals surface area contributed by atoms with Crippen LogP contribution in [-0.4, -0.2) is 47.7 Å². The van der Waals surface area contributed by atoms with Gasteiger partial charge in [0.25, 0.3) is 5.91 Å². The van der Waals surface area contributed by atoms with Gasteiger partial charge in [-0.3, -0.25) is 14.4 Å². The molecule has 7 nitrogen and oxygen atoms in total. The van der Waals surface area contributed by atoms with E-state index in [1.165, 1.54) is 0 Å². The van der Waals surface area contributed by atoms with E-state index >= 15 is 0 Å². The molecule has 2 saturated heterocycles. The maximum atomic E-state index is 13.6. The fraction of sp³-hybridized carbons (Fsp3) is 0.593. The predicted molar refractivity (Wildman–Crippen MR) is 129 cm³/mol. The van der Waals surface area contributed by atoms with E-state index in [4.69, 9.17) is 9.47 Å². The largest absolute Gasteiger partial charge is 0.452 e. The van der Waals surface area contributed by atoms with Crippen LogP contribution in [0.3, 0.4) is 0 Å². The lowest BCUT2D eigenvalue weighted by Gasteiger charge is -2.28. The van der Waals surface area contributed by atoms with Crippen LogP contribution < -0.4 is 10.2 Å². The van der Waals surface area contributed by atoms with Crippen LogP contribution in [0.5, 0.6) is 0 Å². The molecule has 7 heteroatoms. The molecule has 1 aromatic carbocycles. The summed E-state index contributed by atoms with van der Waals surface area (Å²) in [4.78, 5) is 41.7. The number of carbonyl (C=O) groups excluding carboxylic acids is 3. The van der Waals surface area contributed by atoms with Gasteiger partial charge in [-0.2, -0.15) is 0 Å². The van der Waals surface area contributed by atoms with E-state index in [1.54, 1.807) is 4.90 Å². The molecule has 0 unspecified atom stereocenters. The standard InChI is InChI=1S/C27H36N2O5/c1-15(2)12-20(23(30)28-26(5,6)7)33-25(32)21-19-10-11-27(34-19)14-29(24(31)22(21)27)18-9-8-16(3)13-17(18)4/h8-11,13,15,19-22H,12,14H2,1-7H3,(H,28,30)/t19-,20+,21+,22-,27+/m1/s1. The lowest BCUT2D eigenvalue weighted by Crippen LogP contribution is -2.49. The van der Waals surface area contributed by atoms with Crippen molar-refractivity contribution in [1.29, 1.82) is 0 Å². The summed E-state index contributed by atoms with van der Waals surface area (Å²) in [7, 11) is 0. The lowest BCUT2D eigenvalue weighted by molar-refractivity contribution is -0.163. The first kappa shape index (κ1) is 24.5. The third-order valence-corrected chi connectivity index (χ3v) is 6.75. The summed E-state index contributed by atoms with van der Waals surface area (Å²) in [5, 5.41) is 2.91. The molecule has 3 aliphatic rings. The monoisotopic (exact) mass is 468 g/mol. The summed E-state index contributed by atoms with van der Waals surface area (Å²) < 4.78 is 12.0. The second-order valence-corrected chi connectivity index (χ2v) is 11.4. The maximum absolute atomic E-state index is 13.6. The zero-order valence-corrected chi connectivity index (χ0v) is 21.2. The zero-order valence-electron chi connectivity index (χ0n) is 21.2. The number of aryl methyl sites for hydroxylation is 2. The van der Waals surface area contributed by atoms with Crippen molar-refractivity contribution in [3.8, 4) is 0 Å². The highest BCUT2D eigenvalue weighted by molar-refractivity contribution is 6.03. The predicted octanol–water partition coefficient (Wildman–Crippen LogP) is 3.46. The number of anilines is 1. The molecule has 1 aromatic rings. The number of nitrogens with one attached hydrogen (secondary N) is 1. The Hall–Kier alpha value is -2.67. The quantitative estimate of drug-likeness (QED) is 0.511. The van der Waals surface area contributed by atoms with Crippen LogP contribution >= 0.6 is 0 Å². The second kappa shape index (κ2) is 8.52. The highest BCUT2D eigenvalue weighted by Crippen LogP contribution is 2.53. The molecule has 3 heterocycles. The van der Waals surface area contributed by atoms with Crippen LogP contribution in [0.2, 0.25) is 0 Å². The molecule has 184 valence electrons. The topological polar surface area (TPSA) is 84.9 Å². The molecule has 1 spiro atoms. The van der Waals surface area contributed by atoms with E-state index in [9.17, 15) is 14.4 Å². The van der Waals surface area contributed by atoms with Crippen molar-refractivity contribution >= 4 is 23.5 Å². The van der Waals surface area contributed by atoms with Crippen molar-refractivity contribution in [3.63, 3.8) is 0 Å². The van der Waals surface area contributed by atoms with Crippen molar-refractivity contribution in [2.45, 2.75) is 78.2 Å². The van der Waals surface area contributed by atoms with Crippen molar-refractivity contribution < 1.29 is 23.9 Å². The van der Waals surface area contributed by atoms with Crippen LogP contribution in [0, 0.1) is 31.6 Å². The molecular formula is C27H36N2O5. The van der Waals surface area contributed by atoms with Crippen LogP contribution in [0.1, 0.15) is 52.2 Å². The Morgan fingerprint density at radius 2 is 1.97 bits per heavy atom. The minimum Gasteiger partial charge on any atom is -0.452 e. The molecule has 0 aliphatic carbocycles. The number of nitrogens with zero attached hydrogens (tertiary/aromatic N) is 1. The Morgan fingerprint density at radius 3 is 2.59 bits per heavy atom. The number of fused-ring (bicyclic) bond motifs is 1. The summed E-state index contributed by atoms with van der Waals surface area (Å²) in [5.74, 6) is -2.30. The Kier molecular flexibility index (Phi) is 6.13. The van der Waals surface area contributed by atoms with E-state index in [0.29, 0.717) is 13.0 Å². The van der Waals surface area contributed by atoms with Gasteiger partial charge in [-0.05, 0) is 58.6 Å². The minimum absolute atomic E-state index is 0.139. The number of amides is 2. The van der Waals surface area contributed by atoms with Gasteiger partial charge in [-0.15, -0.1) is 0 Å². The van der Waals surface area contributed by atoms with Gasteiger partial charge < -0.3 is 19.7 Å². The number of carbonyl (C=O) groups is 3. The van der Waals surface area contributed by atoms with Crippen LogP contribution in [0.4, 0.5) is 5.69 Å². The van der Waals surface area contributed by atoms with Crippen LogP contribution in [0.25, 0.3) is 0 Å². The first-order valence-corrected chi connectivity index (χ1v) is 12.1. The molecule has 3 aliphatic heterocycles. The van der Waals surface area contributed by atoms with Gasteiger partial charge in [-0.1, -0.05) is 43.7 Å². The normalized spacial score (nSPS) is 28.4. The summed E-state index contributed by atoms with van der Waals surface area (Å²) in [6.45, 7) is 14.0. The average molecular weight is 469 g/mol. The number of esters is 1. The molecule has 0 aromatic heterocycles. The SMILES string of the molecule is Cc1ccc(N2C[C@]34C=C[C@@H](O3)[C@H](C(=O)O[C@@H](CC(C)C)C(=O)NC(C)(C)C)[C@@H]4C2=O)c(C)c1. The first-order valence-electron chi connectivity index (χ1n) is 12.1. The van der Waals surface area contributed by atoms with Crippen molar-refractivity contribution in [2.75, 3.05) is 11.4 Å². The van der Waals surface area contributed by atoms with E-state index in [1.807, 2.05) is 78.8 Å². The smallest absolute Gasteiger partial charge is 0.313 e. The maximum Gasteiger partial charge on any atom is 0.313 e. The summed E-state index contributed by atoms with van der Waals surface area (Å²) >= 11 is 0. The molecule has 2 bridgehead atoms. The molecule has 34 heavy (non-hydrogen) atoms. The van der Waals surface area contributed by atoms with Gasteiger partial charge >= 0.3 is 5.97 Å². The molecule has 2 fully saturated rings. The van der Waals surface area contributed by atoms with Gasteiger partial charge in [0.1, 0.15) is 11.5 Å². The molecule has 2 amide bonds. The van der Waals surface area contributed by atoms with Gasteiger partial charge in [0.2, 0.25) is 5.91 Å². The van der Waals surface area contributed by atoms with Crippen LogP contribution in [0.15, 0.2) is 30.4 Å². The first-order chi connectivity index (χ1) is 15.8. The lowest BCUT2D eigenvalue weighted by atomic mass is 9.77. The third kappa shape index (κ3) is 4.38. The average Bonchev–Trinajstić information content (AvgIpc) is 3.34. The number of benzene rings is 1. The van der Waals surface area contributed by atoms with Gasteiger partial charge in [0, 0.05) is 11.2 Å². The molecular weight excluding hydrogens is 432 g/mol. The van der Waals surface area contributed by atoms with E-state index in [-0.39, 0.29) is 17.7 Å². The molecule has 0 saturated carbocycles. The van der Waals surface area contributed by atoms with Crippen molar-refractivity contribution in [1.82, 2.24) is 5.32 Å². The fourth-order valence-electron chi connectivity index (χ4n) is 5.39. The summed E-state index contributed by atoms with van der Waals surface area (Å²) in [6, 6.07) is 5.96. The summed E-state index contributed by atoms with van der Waals surface area (Å²) in [6.07, 6.45) is 2.74. The number of rotatable bonds is 6. The Balaban J connectivity index is 1.58. The van der Waals surface area contributed by atoms with Crippen molar-refractivity contribution in [2.24, 2.45) is 17.8 Å². The van der Waals surface area contributed by atoms with Gasteiger partial charge in [-0.25, -0.2) is 0 Å². The minimum atomic E-state index is -0.919. The summed E-state index contributed by atoms with van der Waals surface area (Å²) in [5.41, 5.74) is 1.65. The number of ether oxygens (including phenoxy) is 2. The van der Waals surface area contributed by atoms with Gasteiger partial charge in [0.15, 0.2) is 6.10 Å². The Morgan fingerprint density at radius 1 is 1.26 bits per heavy atom. The molecule has 1 N–H and O–H groups in total. The number of hydrogen-bond donors (Lipinski definition) is 1. The van der Waals surface area contributed by atoms with Gasteiger partial charge in [0.05, 0.1) is 18.6 Å². The Labute approximate surface area is 201 Å². The van der Waals surface area contributed by atoms with E-state index < -0.39 is 41.2 Å². The molecule has 5 atom stereocenters. The van der Waals surface area contributed by atoms with Crippen molar-refractivity contribution in [3.05, 3.63) is 41.5 Å². The zero-order chi connectivity index (χ0) is 25.0. The van der Waals surface area contributed by atoms with E-state index in [2.05, 4.69) is 5.32 Å².